The van der Waals surface area contributed by atoms with E-state index in [-0.39, 0.29) is 24.3 Å². The van der Waals surface area contributed by atoms with Crippen molar-refractivity contribution in [1.29, 1.82) is 0 Å². The number of carbonyl (C=O) groups is 2. The zero-order chi connectivity index (χ0) is 17.2. The molecule has 0 bridgehead atoms. The quantitative estimate of drug-likeness (QED) is 0.673. The monoisotopic (exact) mass is 362 g/mol. The second-order valence-corrected chi connectivity index (χ2v) is 7.49. The van der Waals surface area contributed by atoms with Crippen LogP contribution < -0.4 is 10.6 Å². The van der Waals surface area contributed by atoms with Gasteiger partial charge in [-0.1, -0.05) is 36.4 Å². The summed E-state index contributed by atoms with van der Waals surface area (Å²) in [5.74, 6) is 1.67. The summed E-state index contributed by atoms with van der Waals surface area (Å²) in [5.41, 5.74) is 0.940. The Bertz CT molecular complexity index is 630. The van der Waals surface area contributed by atoms with Crippen LogP contribution in [0.4, 0.5) is 0 Å². The molecule has 24 heavy (non-hydrogen) atoms. The van der Waals surface area contributed by atoms with E-state index in [1.54, 1.807) is 23.1 Å². The molecule has 2 N–H and O–H groups in total. The first-order valence-corrected chi connectivity index (χ1v) is 9.87. The Kier molecular flexibility index (Phi) is 7.85. The lowest BCUT2D eigenvalue weighted by atomic mass is 10.0. The summed E-state index contributed by atoms with van der Waals surface area (Å²) < 4.78 is 0. The zero-order valence-electron chi connectivity index (χ0n) is 13.7. The lowest BCUT2D eigenvalue weighted by Gasteiger charge is -2.18. The van der Waals surface area contributed by atoms with E-state index in [1.807, 2.05) is 36.4 Å². The van der Waals surface area contributed by atoms with Crippen LogP contribution in [0.3, 0.4) is 0 Å². The van der Waals surface area contributed by atoms with Gasteiger partial charge in [0.2, 0.25) is 11.8 Å². The van der Waals surface area contributed by atoms with Gasteiger partial charge in [-0.3, -0.25) is 9.59 Å². The summed E-state index contributed by atoms with van der Waals surface area (Å²) in [6, 6.07) is 13.5. The van der Waals surface area contributed by atoms with E-state index in [0.29, 0.717) is 6.54 Å². The van der Waals surface area contributed by atoms with Crippen LogP contribution in [0.5, 0.6) is 0 Å². The minimum Gasteiger partial charge on any atom is -0.355 e. The van der Waals surface area contributed by atoms with Crippen LogP contribution in [0.15, 0.2) is 47.8 Å². The van der Waals surface area contributed by atoms with Crippen molar-refractivity contribution in [2.45, 2.75) is 25.1 Å². The van der Waals surface area contributed by atoms with Crippen LogP contribution in [0.25, 0.3) is 0 Å². The molecule has 1 aromatic carbocycles. The minimum absolute atomic E-state index is 0.0469. The van der Waals surface area contributed by atoms with Gasteiger partial charge in [0.1, 0.15) is 0 Å². The Balaban J connectivity index is 1.72. The predicted molar refractivity (Wildman–Crippen MR) is 101 cm³/mol. The lowest BCUT2D eigenvalue weighted by molar-refractivity contribution is -0.122. The number of hydrogen-bond donors (Lipinski definition) is 2. The van der Waals surface area contributed by atoms with Gasteiger partial charge in [-0.05, 0) is 17.0 Å². The highest BCUT2D eigenvalue weighted by atomic mass is 32.2. The molecular weight excluding hydrogens is 340 g/mol. The van der Waals surface area contributed by atoms with Gasteiger partial charge in [0, 0.05) is 29.9 Å². The molecule has 2 rings (SSSR count). The molecule has 0 aliphatic heterocycles. The van der Waals surface area contributed by atoms with Gasteiger partial charge < -0.3 is 10.6 Å². The molecular formula is C18H22N2O2S2. The Morgan fingerprint density at radius 3 is 2.62 bits per heavy atom. The highest BCUT2D eigenvalue weighted by Crippen LogP contribution is 2.17. The number of hydrogen-bond acceptors (Lipinski definition) is 4. The molecule has 1 aromatic heterocycles. The second kappa shape index (κ2) is 10.2. The molecule has 0 aliphatic rings. The Hall–Kier alpha value is -1.79. The molecule has 2 amide bonds. The molecule has 0 saturated carbocycles. The fourth-order valence-corrected chi connectivity index (χ4v) is 3.97. The number of rotatable bonds is 9. The van der Waals surface area contributed by atoms with Gasteiger partial charge in [-0.25, -0.2) is 0 Å². The standard InChI is InChI=1S/C18H22N2O2S2/c1-14(21)20-17(15-6-3-2-4-7-15)12-18(22)19-9-11-23-13-16-8-5-10-24-16/h2-8,10,17H,9,11-13H2,1H3,(H,19,22)(H,20,21)/t17-/m0/s1. The van der Waals surface area contributed by atoms with Crippen LogP contribution in [0, 0.1) is 0 Å². The maximum absolute atomic E-state index is 12.1. The first-order valence-electron chi connectivity index (χ1n) is 7.84. The minimum atomic E-state index is -0.289. The maximum atomic E-state index is 12.1. The van der Waals surface area contributed by atoms with E-state index in [9.17, 15) is 9.59 Å². The van der Waals surface area contributed by atoms with Crippen molar-refractivity contribution in [3.8, 4) is 0 Å². The van der Waals surface area contributed by atoms with Gasteiger partial charge >= 0.3 is 0 Å². The molecule has 1 atom stereocenters. The first kappa shape index (κ1) is 18.5. The predicted octanol–water partition coefficient (Wildman–Crippen LogP) is 3.37. The Labute approximate surface area is 151 Å². The third kappa shape index (κ3) is 6.76. The molecule has 0 spiro atoms. The van der Waals surface area contributed by atoms with E-state index >= 15 is 0 Å². The number of carbonyl (C=O) groups excluding carboxylic acids is 2. The number of thioether (sulfide) groups is 1. The third-order valence-electron chi connectivity index (χ3n) is 3.36. The van der Waals surface area contributed by atoms with Crippen LogP contribution in [-0.2, 0) is 15.3 Å². The fraction of sp³-hybridized carbons (Fsp3) is 0.333. The van der Waals surface area contributed by atoms with Gasteiger partial charge in [0.25, 0.3) is 0 Å². The van der Waals surface area contributed by atoms with E-state index in [4.69, 9.17) is 0 Å². The van der Waals surface area contributed by atoms with Crippen molar-refractivity contribution in [3.63, 3.8) is 0 Å². The molecule has 1 heterocycles. The highest BCUT2D eigenvalue weighted by molar-refractivity contribution is 7.98. The largest absolute Gasteiger partial charge is 0.355 e. The molecule has 0 aliphatic carbocycles. The molecule has 2 aromatic rings. The summed E-state index contributed by atoms with van der Waals surface area (Å²) in [5, 5.41) is 7.84. The van der Waals surface area contributed by atoms with Gasteiger partial charge in [-0.15, -0.1) is 11.3 Å². The molecule has 0 saturated heterocycles. The molecule has 6 heteroatoms. The SMILES string of the molecule is CC(=O)N[C@@H](CC(=O)NCCSCc1cccs1)c1ccccc1. The van der Waals surface area contributed by atoms with Crippen LogP contribution in [0.1, 0.15) is 29.8 Å². The van der Waals surface area contributed by atoms with Crippen LogP contribution in [0.2, 0.25) is 0 Å². The highest BCUT2D eigenvalue weighted by Gasteiger charge is 2.16. The summed E-state index contributed by atoms with van der Waals surface area (Å²) in [6.07, 6.45) is 0.249. The second-order valence-electron chi connectivity index (χ2n) is 5.35. The lowest BCUT2D eigenvalue weighted by Crippen LogP contribution is -2.33. The Morgan fingerprint density at radius 2 is 1.96 bits per heavy atom. The van der Waals surface area contributed by atoms with E-state index < -0.39 is 0 Å². The van der Waals surface area contributed by atoms with Gasteiger partial charge in [-0.2, -0.15) is 11.8 Å². The number of thiophene rings is 1. The van der Waals surface area contributed by atoms with Crippen LogP contribution >= 0.6 is 23.1 Å². The smallest absolute Gasteiger partial charge is 0.222 e. The molecule has 128 valence electrons. The fourth-order valence-electron chi connectivity index (χ4n) is 2.27. The molecule has 0 fully saturated rings. The first-order chi connectivity index (χ1) is 11.6. The van der Waals surface area contributed by atoms with Crippen molar-refractivity contribution in [3.05, 3.63) is 58.3 Å². The average Bonchev–Trinajstić information content (AvgIpc) is 3.08. The number of amides is 2. The van der Waals surface area contributed by atoms with Crippen molar-refractivity contribution >= 4 is 34.9 Å². The van der Waals surface area contributed by atoms with Gasteiger partial charge in [0.15, 0.2) is 0 Å². The molecule has 0 unspecified atom stereocenters. The Morgan fingerprint density at radius 1 is 1.17 bits per heavy atom. The molecule has 0 radical (unpaired) electrons. The number of nitrogens with one attached hydrogen (secondary N) is 2. The third-order valence-corrected chi connectivity index (χ3v) is 5.43. The normalized spacial score (nSPS) is 11.7. The van der Waals surface area contributed by atoms with Crippen molar-refractivity contribution in [1.82, 2.24) is 10.6 Å². The number of benzene rings is 1. The van der Waals surface area contributed by atoms with E-state index in [1.165, 1.54) is 11.8 Å². The van der Waals surface area contributed by atoms with E-state index in [0.717, 1.165) is 17.1 Å². The van der Waals surface area contributed by atoms with Crippen LogP contribution in [-0.4, -0.2) is 24.1 Å². The summed E-state index contributed by atoms with van der Waals surface area (Å²) in [6.45, 7) is 2.10. The van der Waals surface area contributed by atoms with Crippen molar-refractivity contribution in [2.24, 2.45) is 0 Å². The summed E-state index contributed by atoms with van der Waals surface area (Å²) in [7, 11) is 0. The maximum Gasteiger partial charge on any atom is 0.222 e. The summed E-state index contributed by atoms with van der Waals surface area (Å²) >= 11 is 3.56. The zero-order valence-corrected chi connectivity index (χ0v) is 15.3. The summed E-state index contributed by atoms with van der Waals surface area (Å²) in [4.78, 5) is 24.9. The molecule has 4 nitrogen and oxygen atoms in total. The average molecular weight is 363 g/mol. The topological polar surface area (TPSA) is 58.2 Å². The van der Waals surface area contributed by atoms with Gasteiger partial charge in [0.05, 0.1) is 12.5 Å². The van der Waals surface area contributed by atoms with Crippen molar-refractivity contribution in [2.75, 3.05) is 12.3 Å². The van der Waals surface area contributed by atoms with Crippen molar-refractivity contribution < 1.29 is 9.59 Å². The van der Waals surface area contributed by atoms with E-state index in [2.05, 4.69) is 22.1 Å².